The maximum atomic E-state index is 12.3. The van der Waals surface area contributed by atoms with Crippen LogP contribution in [0.4, 0.5) is 0 Å². The predicted octanol–water partition coefficient (Wildman–Crippen LogP) is 10.8. The summed E-state index contributed by atoms with van der Waals surface area (Å²) in [6.07, 6.45) is 49.5. The average molecular weight is 612 g/mol. The minimum atomic E-state index is -0.679. The molecule has 2 unspecified atom stereocenters. The van der Waals surface area contributed by atoms with E-state index in [1.54, 1.807) is 0 Å². The van der Waals surface area contributed by atoms with Crippen LogP contribution in [0.2, 0.25) is 0 Å². The normalized spacial score (nSPS) is 14.0. The second-order valence-electron chi connectivity index (χ2n) is 11.9. The molecule has 2 atom stereocenters. The smallest absolute Gasteiger partial charge is 0.220 e. The zero-order valence-corrected chi connectivity index (χ0v) is 28.6. The van der Waals surface area contributed by atoms with E-state index in [1.165, 1.54) is 57.8 Å². The molecule has 0 saturated carbocycles. The van der Waals surface area contributed by atoms with E-state index in [1.807, 2.05) is 0 Å². The first kappa shape index (κ1) is 41.8. The molecule has 0 spiro atoms. The number of carbonyl (C=O) groups is 1. The Morgan fingerprint density at radius 1 is 0.568 bits per heavy atom. The second-order valence-corrected chi connectivity index (χ2v) is 11.9. The molecule has 4 nitrogen and oxygen atoms in total. The van der Waals surface area contributed by atoms with Gasteiger partial charge in [0.15, 0.2) is 0 Å². The molecule has 0 heterocycles. The highest BCUT2D eigenvalue weighted by atomic mass is 16.3. The van der Waals surface area contributed by atoms with E-state index in [0.717, 1.165) is 70.6 Å². The van der Waals surface area contributed by atoms with Crippen molar-refractivity contribution in [2.24, 2.45) is 0 Å². The topological polar surface area (TPSA) is 69.6 Å². The van der Waals surface area contributed by atoms with Gasteiger partial charge in [0.2, 0.25) is 5.91 Å². The fraction of sp³-hybridized carbons (Fsp3) is 0.675. The van der Waals surface area contributed by atoms with Crippen LogP contribution >= 0.6 is 0 Å². The fourth-order valence-electron chi connectivity index (χ4n) is 4.95. The highest BCUT2D eigenvalue weighted by Gasteiger charge is 2.19. The lowest BCUT2D eigenvalue weighted by atomic mass is 10.0. The Hall–Kier alpha value is -2.17. The van der Waals surface area contributed by atoms with Crippen molar-refractivity contribution in [3.63, 3.8) is 0 Å². The minimum absolute atomic E-state index is 0.0789. The first-order valence-electron chi connectivity index (χ1n) is 18.1. The number of allylic oxidation sites excluding steroid dienone is 12. The van der Waals surface area contributed by atoms with Gasteiger partial charge >= 0.3 is 0 Å². The predicted molar refractivity (Wildman–Crippen MR) is 193 cm³/mol. The van der Waals surface area contributed by atoms with E-state index in [4.69, 9.17) is 0 Å². The van der Waals surface area contributed by atoms with Gasteiger partial charge < -0.3 is 15.5 Å². The van der Waals surface area contributed by atoms with Crippen molar-refractivity contribution in [1.82, 2.24) is 5.32 Å². The number of nitrogens with one attached hydrogen (secondary N) is 1. The van der Waals surface area contributed by atoms with Gasteiger partial charge in [-0.1, -0.05) is 157 Å². The molecule has 3 N–H and O–H groups in total. The van der Waals surface area contributed by atoms with E-state index < -0.39 is 12.1 Å². The maximum Gasteiger partial charge on any atom is 0.220 e. The number of hydrogen-bond acceptors (Lipinski definition) is 3. The van der Waals surface area contributed by atoms with Gasteiger partial charge in [-0.15, -0.1) is 0 Å². The number of aliphatic hydroxyl groups is 2. The highest BCUT2D eigenvalue weighted by Crippen LogP contribution is 2.13. The lowest BCUT2D eigenvalue weighted by molar-refractivity contribution is -0.123. The molecule has 0 saturated heterocycles. The summed E-state index contributed by atoms with van der Waals surface area (Å²) in [6, 6.07) is -0.561. The van der Waals surface area contributed by atoms with Gasteiger partial charge in [0.05, 0.1) is 18.8 Å². The van der Waals surface area contributed by atoms with Gasteiger partial charge in [0, 0.05) is 6.42 Å². The van der Waals surface area contributed by atoms with Crippen molar-refractivity contribution in [2.75, 3.05) is 6.61 Å². The molecule has 0 aromatic heterocycles. The number of unbranched alkanes of at least 4 members (excludes halogenated alkanes) is 12. The minimum Gasteiger partial charge on any atom is -0.394 e. The largest absolute Gasteiger partial charge is 0.394 e. The number of carbonyl (C=O) groups excluding carboxylic acids is 1. The molecule has 0 fully saturated rings. The Balaban J connectivity index is 3.73. The Morgan fingerprint density at radius 3 is 1.45 bits per heavy atom. The van der Waals surface area contributed by atoms with Gasteiger partial charge in [-0.05, 0) is 64.2 Å². The lowest BCUT2D eigenvalue weighted by Crippen LogP contribution is -2.45. The van der Waals surface area contributed by atoms with Crippen molar-refractivity contribution >= 4 is 5.91 Å². The van der Waals surface area contributed by atoms with Crippen LogP contribution in [-0.4, -0.2) is 34.9 Å². The Bertz CT molecular complexity index is 792. The van der Waals surface area contributed by atoms with Crippen molar-refractivity contribution in [1.29, 1.82) is 0 Å². The maximum absolute atomic E-state index is 12.3. The molecular formula is C40H69NO3. The standard InChI is InChI=1S/C40H69NO3/c1-3-5-7-9-11-13-15-16-17-18-19-20-21-22-23-24-26-28-30-32-34-36-40(44)41-38(37-42)39(43)35-33-31-29-27-25-14-12-10-8-6-4-2/h5,7,11,13,16-17,19-20,22-23,26,28,38-39,42-43H,3-4,6,8-10,12,14-15,18,21,24-25,27,29-37H2,1-2H3,(H,41,44)/b7-5-,13-11-,17-16-,20-19-,23-22-,28-26-. The Morgan fingerprint density at radius 2 is 1.00 bits per heavy atom. The summed E-state index contributed by atoms with van der Waals surface area (Å²) < 4.78 is 0. The van der Waals surface area contributed by atoms with E-state index in [-0.39, 0.29) is 12.5 Å². The number of amides is 1. The summed E-state index contributed by atoms with van der Waals surface area (Å²) in [7, 11) is 0. The molecule has 0 aromatic rings. The van der Waals surface area contributed by atoms with Crippen LogP contribution in [0.3, 0.4) is 0 Å². The number of rotatable bonds is 31. The third-order valence-electron chi connectivity index (χ3n) is 7.73. The molecule has 44 heavy (non-hydrogen) atoms. The molecule has 0 radical (unpaired) electrons. The Labute approximate surface area is 272 Å². The quantitative estimate of drug-likeness (QED) is 0.0539. The monoisotopic (exact) mass is 612 g/mol. The van der Waals surface area contributed by atoms with Crippen LogP contribution in [0.15, 0.2) is 72.9 Å². The molecule has 4 heteroatoms. The van der Waals surface area contributed by atoms with Crippen molar-refractivity contribution in [3.05, 3.63) is 72.9 Å². The summed E-state index contributed by atoms with van der Waals surface area (Å²) in [4.78, 5) is 12.3. The van der Waals surface area contributed by atoms with Gasteiger partial charge in [-0.2, -0.15) is 0 Å². The van der Waals surface area contributed by atoms with E-state index in [9.17, 15) is 15.0 Å². The zero-order valence-electron chi connectivity index (χ0n) is 28.6. The SMILES string of the molecule is CC/C=C\C/C=C\C/C=C\C/C=C\C/C=C\C/C=C\CCCCC(=O)NC(CO)C(O)CCCCCCCCCCCCC. The van der Waals surface area contributed by atoms with Crippen molar-refractivity contribution in [2.45, 2.75) is 167 Å². The van der Waals surface area contributed by atoms with Crippen LogP contribution < -0.4 is 5.32 Å². The van der Waals surface area contributed by atoms with Crippen molar-refractivity contribution in [3.8, 4) is 0 Å². The van der Waals surface area contributed by atoms with Crippen LogP contribution in [0.5, 0.6) is 0 Å². The third kappa shape index (κ3) is 31.3. The Kier molecular flexibility index (Phi) is 33.6. The summed E-state index contributed by atoms with van der Waals surface area (Å²) in [6.45, 7) is 4.19. The molecule has 0 aliphatic heterocycles. The van der Waals surface area contributed by atoms with Crippen LogP contribution in [0, 0.1) is 0 Å². The van der Waals surface area contributed by atoms with Crippen LogP contribution in [0.25, 0.3) is 0 Å². The van der Waals surface area contributed by atoms with E-state index in [0.29, 0.717) is 12.8 Å². The van der Waals surface area contributed by atoms with Gasteiger partial charge in [0.1, 0.15) is 0 Å². The first-order chi connectivity index (χ1) is 21.7. The number of aliphatic hydroxyl groups excluding tert-OH is 2. The molecule has 1 amide bonds. The molecule has 0 rings (SSSR count). The van der Waals surface area contributed by atoms with Crippen LogP contribution in [0.1, 0.15) is 155 Å². The zero-order chi connectivity index (χ0) is 32.2. The summed E-state index contributed by atoms with van der Waals surface area (Å²) in [5, 5.41) is 23.0. The summed E-state index contributed by atoms with van der Waals surface area (Å²) in [5.74, 6) is -0.0789. The van der Waals surface area contributed by atoms with Crippen LogP contribution in [-0.2, 0) is 4.79 Å². The summed E-state index contributed by atoms with van der Waals surface area (Å²) >= 11 is 0. The second kappa shape index (κ2) is 35.3. The molecule has 0 bridgehead atoms. The number of hydrogen-bond donors (Lipinski definition) is 3. The van der Waals surface area contributed by atoms with Crippen molar-refractivity contribution < 1.29 is 15.0 Å². The third-order valence-corrected chi connectivity index (χ3v) is 7.73. The van der Waals surface area contributed by atoms with Gasteiger partial charge in [-0.25, -0.2) is 0 Å². The highest BCUT2D eigenvalue weighted by molar-refractivity contribution is 5.76. The molecular weight excluding hydrogens is 542 g/mol. The molecule has 0 aliphatic rings. The van der Waals surface area contributed by atoms with E-state index in [2.05, 4.69) is 92.1 Å². The van der Waals surface area contributed by atoms with Gasteiger partial charge in [0.25, 0.3) is 0 Å². The molecule has 252 valence electrons. The first-order valence-corrected chi connectivity index (χ1v) is 18.1. The average Bonchev–Trinajstić information content (AvgIpc) is 3.03. The lowest BCUT2D eigenvalue weighted by Gasteiger charge is -2.22. The molecule has 0 aliphatic carbocycles. The summed E-state index contributed by atoms with van der Waals surface area (Å²) in [5.41, 5.74) is 0. The van der Waals surface area contributed by atoms with Gasteiger partial charge in [-0.3, -0.25) is 4.79 Å². The van der Waals surface area contributed by atoms with E-state index >= 15 is 0 Å². The molecule has 0 aromatic carbocycles. The fourth-order valence-corrected chi connectivity index (χ4v) is 4.95.